The van der Waals surface area contributed by atoms with E-state index in [1.54, 1.807) is 0 Å². The third kappa shape index (κ3) is 3.30. The number of carboxylic acids is 1. The third-order valence-electron chi connectivity index (χ3n) is 2.96. The van der Waals surface area contributed by atoms with Crippen LogP contribution in [-0.4, -0.2) is 34.2 Å². The molecule has 0 aliphatic carbocycles. The smallest absolute Gasteiger partial charge is 0.326 e. The first kappa shape index (κ1) is 14.4. The monoisotopic (exact) mass is 294 g/mol. The molecule has 1 aromatic rings. The van der Waals surface area contributed by atoms with Gasteiger partial charge in [0.25, 0.3) is 0 Å². The van der Waals surface area contributed by atoms with Gasteiger partial charge in [-0.3, -0.25) is 9.59 Å². The molecule has 1 heterocycles. The van der Waals surface area contributed by atoms with Gasteiger partial charge in [0, 0.05) is 4.90 Å². The molecule has 106 valence electrons. The molecule has 0 bridgehead atoms. The quantitative estimate of drug-likeness (QED) is 0.716. The molecule has 0 saturated carbocycles. The van der Waals surface area contributed by atoms with E-state index in [1.807, 2.05) is 24.3 Å². The number of rotatable bonds is 5. The van der Waals surface area contributed by atoms with E-state index in [4.69, 9.17) is 10.8 Å². The molecule has 4 N–H and O–H groups in total. The molecule has 2 amide bonds. The van der Waals surface area contributed by atoms with Crippen molar-refractivity contribution in [1.29, 1.82) is 0 Å². The number of thioether (sulfide) groups is 1. The lowest BCUT2D eigenvalue weighted by atomic mass is 10.1. The summed E-state index contributed by atoms with van der Waals surface area (Å²) in [5.74, 6) is -2.42. The topological polar surface area (TPSA) is 109 Å². The molecule has 1 aromatic carbocycles. The summed E-state index contributed by atoms with van der Waals surface area (Å²) in [5, 5.41) is 10.9. The van der Waals surface area contributed by atoms with E-state index in [0.717, 1.165) is 10.5 Å². The molecular formula is C13H14N2O4S. The average Bonchev–Trinajstić information content (AvgIpc) is 2.81. The number of nitrogens with two attached hydrogens (primary N) is 1. The number of carbonyl (C=O) groups is 3. The Morgan fingerprint density at radius 2 is 2.10 bits per heavy atom. The Labute approximate surface area is 119 Å². The summed E-state index contributed by atoms with van der Waals surface area (Å²) in [6, 6.07) is 6.37. The highest BCUT2D eigenvalue weighted by Crippen LogP contribution is 2.36. The minimum Gasteiger partial charge on any atom is -0.480 e. The Morgan fingerprint density at radius 3 is 2.70 bits per heavy atom. The van der Waals surface area contributed by atoms with Gasteiger partial charge in [-0.2, -0.15) is 0 Å². The molecule has 7 heteroatoms. The van der Waals surface area contributed by atoms with Gasteiger partial charge in [0.2, 0.25) is 11.8 Å². The van der Waals surface area contributed by atoms with E-state index in [0.29, 0.717) is 6.42 Å². The number of primary amides is 1. The van der Waals surface area contributed by atoms with Gasteiger partial charge in [-0.15, -0.1) is 11.8 Å². The van der Waals surface area contributed by atoms with Gasteiger partial charge in [-0.1, -0.05) is 18.2 Å². The zero-order valence-electron chi connectivity index (χ0n) is 10.5. The maximum absolute atomic E-state index is 12.1. The predicted molar refractivity (Wildman–Crippen MR) is 73.2 cm³/mol. The summed E-state index contributed by atoms with van der Waals surface area (Å²) in [4.78, 5) is 34.9. The lowest BCUT2D eigenvalue weighted by Gasteiger charge is -2.15. The molecule has 2 rings (SSSR count). The van der Waals surface area contributed by atoms with Gasteiger partial charge in [0.15, 0.2) is 0 Å². The minimum absolute atomic E-state index is 0.373. The number of benzene rings is 1. The van der Waals surface area contributed by atoms with Crippen LogP contribution in [0.4, 0.5) is 0 Å². The van der Waals surface area contributed by atoms with Gasteiger partial charge in [0.05, 0.1) is 11.7 Å². The summed E-state index contributed by atoms with van der Waals surface area (Å²) in [5.41, 5.74) is 6.04. The SMILES string of the molecule is NC(=O)CC(NC(=O)C1Cc2ccccc2S1)C(=O)O. The standard InChI is InChI=1S/C13H14N2O4S/c14-11(16)6-8(13(18)19)15-12(17)10-5-7-3-1-2-4-9(7)20-10/h1-4,8,10H,5-6H2,(H2,14,16)(H,15,17)(H,18,19). The number of amides is 2. The Hall–Kier alpha value is -2.02. The highest BCUT2D eigenvalue weighted by atomic mass is 32.2. The normalized spacial score (nSPS) is 18.1. The third-order valence-corrected chi connectivity index (χ3v) is 4.28. The maximum Gasteiger partial charge on any atom is 0.326 e. The van der Waals surface area contributed by atoms with Crippen molar-refractivity contribution in [3.8, 4) is 0 Å². The molecule has 0 radical (unpaired) electrons. The second kappa shape index (κ2) is 5.96. The Kier molecular flexibility index (Phi) is 4.29. The first-order valence-corrected chi connectivity index (χ1v) is 6.91. The van der Waals surface area contributed by atoms with Crippen LogP contribution < -0.4 is 11.1 Å². The van der Waals surface area contributed by atoms with E-state index in [-0.39, 0.29) is 11.2 Å². The van der Waals surface area contributed by atoms with Crippen molar-refractivity contribution >= 4 is 29.5 Å². The molecule has 2 unspecified atom stereocenters. The number of hydrogen-bond donors (Lipinski definition) is 3. The summed E-state index contributed by atoms with van der Waals surface area (Å²) in [6.45, 7) is 0. The highest BCUT2D eigenvalue weighted by molar-refractivity contribution is 8.01. The summed E-state index contributed by atoms with van der Waals surface area (Å²) in [6.07, 6.45) is 0.140. The van der Waals surface area contributed by atoms with Crippen LogP contribution in [0, 0.1) is 0 Å². The van der Waals surface area contributed by atoms with Crippen LogP contribution in [0.1, 0.15) is 12.0 Å². The average molecular weight is 294 g/mol. The second-order valence-corrected chi connectivity index (χ2v) is 5.73. The van der Waals surface area contributed by atoms with Crippen molar-refractivity contribution in [2.24, 2.45) is 5.73 Å². The lowest BCUT2D eigenvalue weighted by Crippen LogP contribution is -2.46. The number of nitrogens with one attached hydrogen (secondary N) is 1. The van der Waals surface area contributed by atoms with Gasteiger partial charge >= 0.3 is 5.97 Å². The van der Waals surface area contributed by atoms with Crippen LogP contribution >= 0.6 is 11.8 Å². The molecule has 2 atom stereocenters. The molecular weight excluding hydrogens is 280 g/mol. The van der Waals surface area contributed by atoms with E-state index in [2.05, 4.69) is 5.32 Å². The van der Waals surface area contributed by atoms with E-state index in [9.17, 15) is 14.4 Å². The van der Waals surface area contributed by atoms with Crippen LogP contribution in [0.25, 0.3) is 0 Å². The highest BCUT2D eigenvalue weighted by Gasteiger charge is 2.31. The fourth-order valence-electron chi connectivity index (χ4n) is 1.99. The van der Waals surface area contributed by atoms with Crippen LogP contribution in [0.3, 0.4) is 0 Å². The van der Waals surface area contributed by atoms with E-state index in [1.165, 1.54) is 11.8 Å². The maximum atomic E-state index is 12.1. The zero-order valence-corrected chi connectivity index (χ0v) is 11.4. The number of carboxylic acid groups (broad SMARTS) is 1. The number of aliphatic carboxylic acids is 1. The molecule has 0 spiro atoms. The first-order valence-electron chi connectivity index (χ1n) is 6.03. The van der Waals surface area contributed by atoms with Crippen molar-refractivity contribution in [1.82, 2.24) is 5.32 Å². The van der Waals surface area contributed by atoms with Gasteiger partial charge in [-0.25, -0.2) is 4.79 Å². The van der Waals surface area contributed by atoms with E-state index < -0.39 is 24.3 Å². The zero-order chi connectivity index (χ0) is 14.7. The molecule has 1 aliphatic rings. The fourth-order valence-corrected chi connectivity index (χ4v) is 3.20. The predicted octanol–water partition coefficient (Wildman–Crippen LogP) is 0.148. The number of carbonyl (C=O) groups excluding carboxylic acids is 2. The van der Waals surface area contributed by atoms with Crippen LogP contribution in [0.15, 0.2) is 29.2 Å². The molecule has 0 aromatic heterocycles. The van der Waals surface area contributed by atoms with Gasteiger partial charge in [-0.05, 0) is 18.1 Å². The first-order chi connectivity index (χ1) is 9.47. The second-order valence-electron chi connectivity index (χ2n) is 4.49. The van der Waals surface area contributed by atoms with Crippen molar-refractivity contribution in [2.75, 3.05) is 0 Å². The van der Waals surface area contributed by atoms with Crippen LogP contribution in [0.2, 0.25) is 0 Å². The van der Waals surface area contributed by atoms with E-state index >= 15 is 0 Å². The number of fused-ring (bicyclic) bond motifs is 1. The number of hydrogen-bond acceptors (Lipinski definition) is 4. The molecule has 0 saturated heterocycles. The Balaban J connectivity index is 1.99. The van der Waals surface area contributed by atoms with Crippen LogP contribution in [0.5, 0.6) is 0 Å². The molecule has 6 nitrogen and oxygen atoms in total. The summed E-state index contributed by atoms with van der Waals surface area (Å²) in [7, 11) is 0. The van der Waals surface area contributed by atoms with Crippen molar-refractivity contribution < 1.29 is 19.5 Å². The van der Waals surface area contributed by atoms with Gasteiger partial charge < -0.3 is 16.2 Å². The summed E-state index contributed by atoms with van der Waals surface area (Å²) >= 11 is 1.40. The summed E-state index contributed by atoms with van der Waals surface area (Å²) < 4.78 is 0. The van der Waals surface area contributed by atoms with Crippen molar-refractivity contribution in [3.63, 3.8) is 0 Å². The largest absolute Gasteiger partial charge is 0.480 e. The molecule has 0 fully saturated rings. The molecule has 20 heavy (non-hydrogen) atoms. The van der Waals surface area contributed by atoms with Gasteiger partial charge in [0.1, 0.15) is 6.04 Å². The Morgan fingerprint density at radius 1 is 1.40 bits per heavy atom. The molecule has 1 aliphatic heterocycles. The lowest BCUT2D eigenvalue weighted by molar-refractivity contribution is -0.143. The van der Waals surface area contributed by atoms with Crippen molar-refractivity contribution in [2.45, 2.75) is 29.0 Å². The fraction of sp³-hybridized carbons (Fsp3) is 0.308. The Bertz CT molecular complexity index is 536. The van der Waals surface area contributed by atoms with Crippen molar-refractivity contribution in [3.05, 3.63) is 29.8 Å². The minimum atomic E-state index is -1.27. The van der Waals surface area contributed by atoms with Crippen LogP contribution in [-0.2, 0) is 20.8 Å².